The molecule has 3 atom stereocenters. The molecule has 0 heterocycles. The van der Waals surface area contributed by atoms with E-state index >= 15 is 0 Å². The molecule has 4 rings (SSSR count). The van der Waals surface area contributed by atoms with Gasteiger partial charge >= 0.3 is 18.2 Å². The fourth-order valence-corrected chi connectivity index (χ4v) is 5.02. The lowest BCUT2D eigenvalue weighted by molar-refractivity contribution is -0.182. The van der Waals surface area contributed by atoms with Crippen LogP contribution in [0.2, 0.25) is 0 Å². The summed E-state index contributed by atoms with van der Waals surface area (Å²) in [4.78, 5) is 35.7. The first-order valence-corrected chi connectivity index (χ1v) is 11.4. The van der Waals surface area contributed by atoms with Crippen LogP contribution in [0.4, 0.5) is 18.0 Å². The maximum Gasteiger partial charge on any atom is 0.419 e. The van der Waals surface area contributed by atoms with E-state index in [0.717, 1.165) is 22.3 Å². The smallest absolute Gasteiger partial charge is 0.419 e. The summed E-state index contributed by atoms with van der Waals surface area (Å²) in [5.41, 5.74) is 4.31. The number of alkyl carbamates (subject to hydrolysis) is 1. The van der Waals surface area contributed by atoms with Crippen LogP contribution in [-0.2, 0) is 14.3 Å². The Labute approximate surface area is 199 Å². The third kappa shape index (κ3) is 5.26. The van der Waals surface area contributed by atoms with E-state index < -0.39 is 42.0 Å². The number of aliphatic carboxylic acids is 1. The molecule has 0 aromatic heterocycles. The van der Waals surface area contributed by atoms with Crippen molar-refractivity contribution in [2.75, 3.05) is 13.2 Å². The molecule has 0 radical (unpaired) electrons. The molecule has 2 aliphatic carbocycles. The van der Waals surface area contributed by atoms with Crippen molar-refractivity contribution >= 4 is 18.0 Å². The molecule has 2 amide bonds. The van der Waals surface area contributed by atoms with Crippen molar-refractivity contribution in [2.24, 2.45) is 11.8 Å². The van der Waals surface area contributed by atoms with Gasteiger partial charge in [0.2, 0.25) is 11.9 Å². The van der Waals surface area contributed by atoms with Crippen LogP contribution in [-0.4, -0.2) is 48.4 Å². The van der Waals surface area contributed by atoms with E-state index in [1.807, 2.05) is 48.5 Å². The number of fused-ring (bicyclic) bond motifs is 3. The molecule has 1 fully saturated rings. The Morgan fingerprint density at radius 3 is 2.17 bits per heavy atom. The lowest BCUT2D eigenvalue weighted by atomic mass is 9.94. The second-order valence-corrected chi connectivity index (χ2v) is 8.83. The zero-order chi connectivity index (χ0) is 25.2. The molecule has 3 N–H and O–H groups in total. The number of ether oxygens (including phenoxy) is 1. The normalized spacial score (nSPS) is 20.0. The Balaban J connectivity index is 1.32. The van der Waals surface area contributed by atoms with Gasteiger partial charge in [0.25, 0.3) is 0 Å². The van der Waals surface area contributed by atoms with Gasteiger partial charge in [-0.2, -0.15) is 13.2 Å². The number of carbonyl (C=O) groups excluding carboxylic acids is 2. The third-order valence-corrected chi connectivity index (χ3v) is 6.71. The lowest BCUT2D eigenvalue weighted by Crippen LogP contribution is -2.53. The highest BCUT2D eigenvalue weighted by atomic mass is 19.4. The summed E-state index contributed by atoms with van der Waals surface area (Å²) in [7, 11) is 0. The summed E-state index contributed by atoms with van der Waals surface area (Å²) < 4.78 is 44.2. The minimum absolute atomic E-state index is 0.0402. The predicted molar refractivity (Wildman–Crippen MR) is 120 cm³/mol. The topological polar surface area (TPSA) is 105 Å². The monoisotopic (exact) mass is 490 g/mol. The van der Waals surface area contributed by atoms with Gasteiger partial charge in [0.15, 0.2) is 0 Å². The second-order valence-electron chi connectivity index (χ2n) is 8.83. The molecular weight excluding hydrogens is 465 g/mol. The first kappa shape index (κ1) is 24.6. The molecule has 10 heteroatoms. The number of alkyl halides is 3. The summed E-state index contributed by atoms with van der Waals surface area (Å²) in [6, 6.07) is 12.8. The van der Waals surface area contributed by atoms with Gasteiger partial charge in [0.1, 0.15) is 6.61 Å². The van der Waals surface area contributed by atoms with Crippen LogP contribution in [0.25, 0.3) is 11.1 Å². The van der Waals surface area contributed by atoms with Crippen molar-refractivity contribution in [3.63, 3.8) is 0 Å². The summed E-state index contributed by atoms with van der Waals surface area (Å²) in [6.07, 6.45) is -4.37. The summed E-state index contributed by atoms with van der Waals surface area (Å²) in [5.74, 6) is -4.51. The Hall–Kier alpha value is -3.56. The molecule has 0 bridgehead atoms. The number of benzene rings is 2. The molecule has 3 unspecified atom stereocenters. The molecule has 0 aliphatic heterocycles. The number of halogens is 3. The summed E-state index contributed by atoms with van der Waals surface area (Å²) in [6.45, 7) is 0.152. The molecule has 2 aliphatic rings. The number of carboxylic acids is 1. The van der Waals surface area contributed by atoms with Crippen molar-refractivity contribution in [1.29, 1.82) is 0 Å². The SMILES string of the molecule is O=C(NCC1CCCC1C(=O)NC(C(=O)O)C(F)(F)F)OCC1c2ccccc2-c2ccccc21. The van der Waals surface area contributed by atoms with Gasteiger partial charge in [-0.05, 0) is 41.0 Å². The number of hydrogen-bond donors (Lipinski definition) is 3. The average molecular weight is 490 g/mol. The van der Waals surface area contributed by atoms with E-state index in [9.17, 15) is 27.6 Å². The van der Waals surface area contributed by atoms with Gasteiger partial charge in [0.05, 0.1) is 0 Å². The van der Waals surface area contributed by atoms with Crippen LogP contribution >= 0.6 is 0 Å². The molecule has 2 aromatic carbocycles. The van der Waals surface area contributed by atoms with Gasteiger partial charge in [0, 0.05) is 18.4 Å². The number of rotatable bonds is 7. The largest absolute Gasteiger partial charge is 0.479 e. The average Bonchev–Trinajstić information content (AvgIpc) is 3.41. The van der Waals surface area contributed by atoms with Crippen LogP contribution < -0.4 is 10.6 Å². The highest BCUT2D eigenvalue weighted by molar-refractivity contribution is 5.86. The van der Waals surface area contributed by atoms with Crippen molar-refractivity contribution in [2.45, 2.75) is 37.4 Å². The van der Waals surface area contributed by atoms with Crippen molar-refractivity contribution in [3.8, 4) is 11.1 Å². The zero-order valence-corrected chi connectivity index (χ0v) is 18.7. The number of hydrogen-bond acceptors (Lipinski definition) is 4. The van der Waals surface area contributed by atoms with Gasteiger partial charge in [-0.25, -0.2) is 9.59 Å². The van der Waals surface area contributed by atoms with E-state index in [0.29, 0.717) is 19.3 Å². The van der Waals surface area contributed by atoms with E-state index in [2.05, 4.69) is 5.32 Å². The number of carboxylic acid groups (broad SMARTS) is 1. The molecule has 0 saturated heterocycles. The van der Waals surface area contributed by atoms with Gasteiger partial charge in [-0.3, -0.25) is 4.79 Å². The minimum Gasteiger partial charge on any atom is -0.479 e. The quantitative estimate of drug-likeness (QED) is 0.543. The Kier molecular flexibility index (Phi) is 7.00. The zero-order valence-electron chi connectivity index (χ0n) is 18.7. The highest BCUT2D eigenvalue weighted by Crippen LogP contribution is 2.44. The first-order valence-electron chi connectivity index (χ1n) is 11.4. The maximum atomic E-state index is 12.9. The molecule has 7 nitrogen and oxygen atoms in total. The van der Waals surface area contributed by atoms with Crippen molar-refractivity contribution in [3.05, 3.63) is 59.7 Å². The molecule has 2 aromatic rings. The lowest BCUT2D eigenvalue weighted by Gasteiger charge is -2.23. The van der Waals surface area contributed by atoms with Crippen LogP contribution in [0.5, 0.6) is 0 Å². The standard InChI is InChI=1S/C25H25F3N2O5/c26-25(27,28)21(23(32)33)30-22(31)15-11-5-6-14(15)12-29-24(34)35-13-20-18-9-3-1-7-16(18)17-8-2-4-10-19(17)20/h1-4,7-10,14-15,20-21H,5-6,11-13H2,(H,29,34)(H,30,31)(H,32,33). The van der Waals surface area contributed by atoms with E-state index in [1.54, 1.807) is 5.32 Å². The number of amides is 2. The maximum absolute atomic E-state index is 12.9. The van der Waals surface area contributed by atoms with E-state index in [-0.39, 0.29) is 19.1 Å². The van der Waals surface area contributed by atoms with Crippen LogP contribution in [0, 0.1) is 11.8 Å². The number of nitrogens with one attached hydrogen (secondary N) is 2. The predicted octanol–water partition coefficient (Wildman–Crippen LogP) is 4.07. The van der Waals surface area contributed by atoms with Crippen LogP contribution in [0.1, 0.15) is 36.3 Å². The Morgan fingerprint density at radius 2 is 1.60 bits per heavy atom. The number of carbonyl (C=O) groups is 3. The van der Waals surface area contributed by atoms with Crippen molar-refractivity contribution < 1.29 is 37.4 Å². The molecule has 35 heavy (non-hydrogen) atoms. The molecule has 0 spiro atoms. The van der Waals surface area contributed by atoms with Gasteiger partial charge < -0.3 is 20.5 Å². The van der Waals surface area contributed by atoms with Gasteiger partial charge in [-0.15, -0.1) is 0 Å². The fraction of sp³-hybridized carbons (Fsp3) is 0.400. The van der Waals surface area contributed by atoms with Crippen LogP contribution in [0.15, 0.2) is 48.5 Å². The van der Waals surface area contributed by atoms with Crippen LogP contribution in [0.3, 0.4) is 0 Å². The summed E-state index contributed by atoms with van der Waals surface area (Å²) in [5, 5.41) is 13.0. The Bertz CT molecular complexity index is 1070. The van der Waals surface area contributed by atoms with Gasteiger partial charge in [-0.1, -0.05) is 55.0 Å². The fourth-order valence-electron chi connectivity index (χ4n) is 5.02. The minimum atomic E-state index is -5.10. The van der Waals surface area contributed by atoms with Crippen molar-refractivity contribution in [1.82, 2.24) is 10.6 Å². The molecule has 1 saturated carbocycles. The van der Waals surface area contributed by atoms with E-state index in [4.69, 9.17) is 9.84 Å². The first-order chi connectivity index (χ1) is 16.7. The molecular formula is C25H25F3N2O5. The molecule has 186 valence electrons. The second kappa shape index (κ2) is 9.97. The Morgan fingerprint density at radius 1 is 1.00 bits per heavy atom. The third-order valence-electron chi connectivity index (χ3n) is 6.71. The highest BCUT2D eigenvalue weighted by Gasteiger charge is 2.47. The van der Waals surface area contributed by atoms with E-state index in [1.165, 1.54) is 0 Å². The summed E-state index contributed by atoms with van der Waals surface area (Å²) >= 11 is 0.